The molecule has 4 aromatic rings. The predicted octanol–water partition coefficient (Wildman–Crippen LogP) is 6.14. The van der Waals surface area contributed by atoms with Gasteiger partial charge in [0, 0.05) is 29.1 Å². The first kappa shape index (κ1) is 23.5. The third-order valence-electron chi connectivity index (χ3n) is 5.49. The maximum Gasteiger partial charge on any atom is 0.196 e. The number of benzene rings is 1. The standard InChI is InChI=1S/C25H28ClN5OS/c1-18(23-8-7-19(2)32-23)11-14-30(3)16-24-28-29-25(33-17-20-9-12-27-13-10-20)31(24)22-6-4-5-21(26)15-22/h4-10,12-13,15,18H,11,14,16-17H2,1-3H3/t18-/m0/s1. The molecule has 0 saturated carbocycles. The number of thioether (sulfide) groups is 1. The number of furan rings is 1. The van der Waals surface area contributed by atoms with Crippen LogP contribution in [0.25, 0.3) is 5.69 Å². The van der Waals surface area contributed by atoms with Gasteiger partial charge in [0.25, 0.3) is 0 Å². The van der Waals surface area contributed by atoms with Crippen molar-refractivity contribution in [2.24, 2.45) is 0 Å². The first-order chi connectivity index (χ1) is 16.0. The van der Waals surface area contributed by atoms with Crippen molar-refractivity contribution in [2.75, 3.05) is 13.6 Å². The average Bonchev–Trinajstić information content (AvgIpc) is 3.43. The molecule has 6 nitrogen and oxygen atoms in total. The van der Waals surface area contributed by atoms with Gasteiger partial charge >= 0.3 is 0 Å². The van der Waals surface area contributed by atoms with E-state index in [-0.39, 0.29) is 0 Å². The molecule has 0 spiro atoms. The Morgan fingerprint density at radius 1 is 1.12 bits per heavy atom. The third-order valence-corrected chi connectivity index (χ3v) is 6.72. The molecular formula is C25H28ClN5OS. The molecule has 1 atom stereocenters. The third kappa shape index (κ3) is 6.25. The summed E-state index contributed by atoms with van der Waals surface area (Å²) >= 11 is 7.96. The van der Waals surface area contributed by atoms with Crippen molar-refractivity contribution < 1.29 is 4.42 Å². The lowest BCUT2D eigenvalue weighted by Crippen LogP contribution is -2.22. The van der Waals surface area contributed by atoms with Crippen LogP contribution >= 0.6 is 23.4 Å². The number of aromatic nitrogens is 4. The lowest BCUT2D eigenvalue weighted by atomic mass is 10.1. The molecule has 3 aromatic heterocycles. The monoisotopic (exact) mass is 481 g/mol. The summed E-state index contributed by atoms with van der Waals surface area (Å²) in [6, 6.07) is 15.9. The Morgan fingerprint density at radius 2 is 1.94 bits per heavy atom. The number of halogens is 1. The zero-order chi connectivity index (χ0) is 23.2. The first-order valence-corrected chi connectivity index (χ1v) is 12.3. The molecule has 1 aromatic carbocycles. The SMILES string of the molecule is Cc1ccc([C@@H](C)CCN(C)Cc2nnc(SCc3ccncc3)n2-c2cccc(Cl)c2)o1. The van der Waals surface area contributed by atoms with Gasteiger partial charge in [-0.05, 0) is 75.0 Å². The lowest BCUT2D eigenvalue weighted by Gasteiger charge is -2.19. The van der Waals surface area contributed by atoms with E-state index in [1.807, 2.05) is 61.8 Å². The van der Waals surface area contributed by atoms with Crippen molar-refractivity contribution in [3.63, 3.8) is 0 Å². The fourth-order valence-corrected chi connectivity index (χ4v) is 4.70. The van der Waals surface area contributed by atoms with Crippen LogP contribution in [0.5, 0.6) is 0 Å². The second-order valence-corrected chi connectivity index (χ2v) is 9.61. The van der Waals surface area contributed by atoms with Crippen molar-refractivity contribution in [3.05, 3.63) is 88.9 Å². The molecule has 172 valence electrons. The maximum absolute atomic E-state index is 6.30. The van der Waals surface area contributed by atoms with Crippen LogP contribution in [0.4, 0.5) is 0 Å². The Morgan fingerprint density at radius 3 is 2.67 bits per heavy atom. The molecule has 0 fully saturated rings. The van der Waals surface area contributed by atoms with Crippen LogP contribution in [0.3, 0.4) is 0 Å². The zero-order valence-corrected chi connectivity index (χ0v) is 20.7. The number of rotatable bonds is 10. The van der Waals surface area contributed by atoms with Crippen LogP contribution in [-0.2, 0) is 12.3 Å². The summed E-state index contributed by atoms with van der Waals surface area (Å²) in [4.78, 5) is 6.37. The molecule has 4 rings (SSSR count). The van der Waals surface area contributed by atoms with E-state index in [0.29, 0.717) is 17.5 Å². The molecular weight excluding hydrogens is 454 g/mol. The van der Waals surface area contributed by atoms with E-state index in [0.717, 1.165) is 46.9 Å². The van der Waals surface area contributed by atoms with Crippen LogP contribution in [-0.4, -0.2) is 38.2 Å². The molecule has 0 saturated heterocycles. The van der Waals surface area contributed by atoms with Gasteiger partial charge in [-0.25, -0.2) is 0 Å². The first-order valence-electron chi connectivity index (χ1n) is 11.0. The molecule has 0 aliphatic heterocycles. The minimum Gasteiger partial charge on any atom is -0.466 e. The highest BCUT2D eigenvalue weighted by atomic mass is 35.5. The number of nitrogens with zero attached hydrogens (tertiary/aromatic N) is 5. The van der Waals surface area contributed by atoms with E-state index in [9.17, 15) is 0 Å². The molecule has 0 aliphatic rings. The van der Waals surface area contributed by atoms with Crippen molar-refractivity contribution >= 4 is 23.4 Å². The van der Waals surface area contributed by atoms with Crippen LogP contribution in [0.15, 0.2) is 70.5 Å². The Labute approximate surface area is 204 Å². The van der Waals surface area contributed by atoms with Crippen molar-refractivity contribution in [3.8, 4) is 5.69 Å². The molecule has 0 radical (unpaired) electrons. The van der Waals surface area contributed by atoms with Gasteiger partial charge in [0.1, 0.15) is 11.5 Å². The maximum atomic E-state index is 6.30. The fraction of sp³-hybridized carbons (Fsp3) is 0.320. The minimum atomic E-state index is 0.360. The molecule has 0 aliphatic carbocycles. The quantitative estimate of drug-likeness (QED) is 0.254. The second kappa shape index (κ2) is 11.0. The molecule has 3 heterocycles. The Bertz CT molecular complexity index is 1180. The van der Waals surface area contributed by atoms with Crippen LogP contribution in [0.2, 0.25) is 5.02 Å². The topological polar surface area (TPSA) is 60.0 Å². The van der Waals surface area contributed by atoms with Crippen LogP contribution in [0, 0.1) is 6.92 Å². The van der Waals surface area contributed by atoms with Gasteiger partial charge in [-0.15, -0.1) is 10.2 Å². The summed E-state index contributed by atoms with van der Waals surface area (Å²) < 4.78 is 7.89. The number of aryl methyl sites for hydroxylation is 1. The largest absolute Gasteiger partial charge is 0.466 e. The highest BCUT2D eigenvalue weighted by Gasteiger charge is 2.18. The summed E-state index contributed by atoms with van der Waals surface area (Å²) in [6.45, 7) is 5.78. The van der Waals surface area contributed by atoms with Crippen molar-refractivity contribution in [1.29, 1.82) is 0 Å². The van der Waals surface area contributed by atoms with E-state index >= 15 is 0 Å². The van der Waals surface area contributed by atoms with Gasteiger partial charge in [0.2, 0.25) is 0 Å². The van der Waals surface area contributed by atoms with Gasteiger partial charge in [0.05, 0.1) is 12.2 Å². The molecule has 0 N–H and O–H groups in total. The summed E-state index contributed by atoms with van der Waals surface area (Å²) in [6.07, 6.45) is 4.62. The zero-order valence-electron chi connectivity index (χ0n) is 19.1. The molecule has 0 unspecified atom stereocenters. The van der Waals surface area contributed by atoms with Crippen LogP contribution in [0.1, 0.15) is 42.2 Å². The Hall–Kier alpha value is -2.61. The number of pyridine rings is 1. The summed E-state index contributed by atoms with van der Waals surface area (Å²) in [5, 5.41) is 10.6. The smallest absolute Gasteiger partial charge is 0.196 e. The molecule has 0 amide bonds. The molecule has 33 heavy (non-hydrogen) atoms. The Kier molecular flexibility index (Phi) is 7.85. The fourth-order valence-electron chi connectivity index (χ4n) is 3.59. The van der Waals surface area contributed by atoms with Gasteiger partial charge in [-0.2, -0.15) is 0 Å². The number of hydrogen-bond acceptors (Lipinski definition) is 6. The highest BCUT2D eigenvalue weighted by Crippen LogP contribution is 2.27. The van der Waals surface area contributed by atoms with E-state index in [4.69, 9.17) is 16.0 Å². The minimum absolute atomic E-state index is 0.360. The number of hydrogen-bond donors (Lipinski definition) is 0. The van der Waals surface area contributed by atoms with Crippen LogP contribution < -0.4 is 0 Å². The van der Waals surface area contributed by atoms with Gasteiger partial charge < -0.3 is 4.42 Å². The normalized spacial score (nSPS) is 12.4. The van der Waals surface area contributed by atoms with Gasteiger partial charge in [-0.1, -0.05) is 36.4 Å². The van der Waals surface area contributed by atoms with E-state index < -0.39 is 0 Å². The van der Waals surface area contributed by atoms with Gasteiger partial charge in [0.15, 0.2) is 11.0 Å². The van der Waals surface area contributed by atoms with Crippen molar-refractivity contribution in [2.45, 2.75) is 43.6 Å². The highest BCUT2D eigenvalue weighted by molar-refractivity contribution is 7.98. The van der Waals surface area contributed by atoms with E-state index in [1.54, 1.807) is 11.8 Å². The lowest BCUT2D eigenvalue weighted by molar-refractivity contribution is 0.296. The average molecular weight is 482 g/mol. The molecule has 8 heteroatoms. The summed E-state index contributed by atoms with van der Waals surface area (Å²) in [5.41, 5.74) is 2.16. The van der Waals surface area contributed by atoms with E-state index in [2.05, 4.69) is 44.7 Å². The summed E-state index contributed by atoms with van der Waals surface area (Å²) in [7, 11) is 2.11. The molecule has 0 bridgehead atoms. The van der Waals surface area contributed by atoms with E-state index in [1.165, 1.54) is 5.56 Å². The van der Waals surface area contributed by atoms with Gasteiger partial charge in [-0.3, -0.25) is 14.5 Å². The summed E-state index contributed by atoms with van der Waals surface area (Å²) in [5.74, 6) is 4.03. The van der Waals surface area contributed by atoms with Crippen molar-refractivity contribution in [1.82, 2.24) is 24.6 Å². The predicted molar refractivity (Wildman–Crippen MR) is 133 cm³/mol. The second-order valence-electron chi connectivity index (χ2n) is 8.23. The Balaban J connectivity index is 1.48.